The molecule has 0 saturated heterocycles. The van der Waals surface area contributed by atoms with Crippen LogP contribution in [0.3, 0.4) is 0 Å². The lowest BCUT2D eigenvalue weighted by Crippen LogP contribution is -2.05. The highest BCUT2D eigenvalue weighted by atomic mass is 16.3. The maximum absolute atomic E-state index is 5.94. The number of aromatic nitrogens is 3. The largest absolute Gasteiger partial charge is 0.463 e. The first-order valence-corrected chi connectivity index (χ1v) is 5.72. The number of nitrogens with one attached hydrogen (secondary N) is 1. The first-order valence-electron chi connectivity index (χ1n) is 5.72. The number of anilines is 2. The smallest absolute Gasteiger partial charge is 0.160 e. The summed E-state index contributed by atoms with van der Waals surface area (Å²) >= 11 is 0. The average molecular weight is 243 g/mol. The molecule has 92 valence electrons. The standard InChI is InChI=1S/C12H13N5O/c1-2-14-11-7-10(13)17-12(15-11)6-8(16-17)9-4-3-5-18-9/h3-7H,2,13H2,1H3,(H,14,15). The van der Waals surface area contributed by atoms with Gasteiger partial charge in [-0.15, -0.1) is 0 Å². The number of hydrogen-bond acceptors (Lipinski definition) is 5. The Balaban J connectivity index is 2.14. The van der Waals surface area contributed by atoms with Crippen molar-refractivity contribution in [2.24, 2.45) is 0 Å². The summed E-state index contributed by atoms with van der Waals surface area (Å²) in [5.74, 6) is 1.98. The van der Waals surface area contributed by atoms with E-state index >= 15 is 0 Å². The van der Waals surface area contributed by atoms with E-state index < -0.39 is 0 Å². The zero-order valence-corrected chi connectivity index (χ0v) is 9.92. The minimum atomic E-state index is 0.536. The number of nitrogen functional groups attached to an aromatic ring is 1. The van der Waals surface area contributed by atoms with Gasteiger partial charge < -0.3 is 15.5 Å². The Morgan fingerprint density at radius 3 is 3.06 bits per heavy atom. The lowest BCUT2D eigenvalue weighted by molar-refractivity contribution is 0.579. The zero-order chi connectivity index (χ0) is 12.5. The number of furan rings is 1. The van der Waals surface area contributed by atoms with Crippen molar-refractivity contribution in [2.75, 3.05) is 17.6 Å². The van der Waals surface area contributed by atoms with Crippen LogP contribution in [-0.2, 0) is 0 Å². The van der Waals surface area contributed by atoms with E-state index in [0.717, 1.165) is 12.4 Å². The molecule has 0 bridgehead atoms. The fraction of sp³-hybridized carbons (Fsp3) is 0.167. The van der Waals surface area contributed by atoms with Gasteiger partial charge in [-0.05, 0) is 19.1 Å². The molecular formula is C12H13N5O. The van der Waals surface area contributed by atoms with Gasteiger partial charge in [-0.2, -0.15) is 9.61 Å². The van der Waals surface area contributed by atoms with Crippen LogP contribution in [0.5, 0.6) is 0 Å². The van der Waals surface area contributed by atoms with Crippen molar-refractivity contribution < 1.29 is 4.42 Å². The molecule has 0 amide bonds. The van der Waals surface area contributed by atoms with E-state index in [-0.39, 0.29) is 0 Å². The summed E-state index contributed by atoms with van der Waals surface area (Å²) in [5, 5.41) is 7.49. The monoisotopic (exact) mass is 243 g/mol. The van der Waals surface area contributed by atoms with E-state index in [1.807, 2.05) is 25.1 Å². The highest BCUT2D eigenvalue weighted by Gasteiger charge is 2.10. The molecule has 3 N–H and O–H groups in total. The summed E-state index contributed by atoms with van der Waals surface area (Å²) in [4.78, 5) is 4.42. The predicted molar refractivity (Wildman–Crippen MR) is 69.3 cm³/mol. The summed E-state index contributed by atoms with van der Waals surface area (Å²) in [7, 11) is 0. The SMILES string of the molecule is CCNc1cc(N)n2nc(-c3ccco3)cc2n1. The number of fused-ring (bicyclic) bond motifs is 1. The predicted octanol–water partition coefficient (Wildman–Crippen LogP) is 2.00. The highest BCUT2D eigenvalue weighted by molar-refractivity contribution is 5.63. The van der Waals surface area contributed by atoms with E-state index in [1.165, 1.54) is 0 Å². The van der Waals surface area contributed by atoms with E-state index in [2.05, 4.69) is 15.4 Å². The van der Waals surface area contributed by atoms with Crippen LogP contribution >= 0.6 is 0 Å². The van der Waals surface area contributed by atoms with Crippen LogP contribution in [0.25, 0.3) is 17.1 Å². The molecule has 0 fully saturated rings. The maximum Gasteiger partial charge on any atom is 0.160 e. The minimum Gasteiger partial charge on any atom is -0.463 e. The molecular weight excluding hydrogens is 230 g/mol. The molecule has 3 aromatic rings. The van der Waals surface area contributed by atoms with Gasteiger partial charge in [0.2, 0.25) is 0 Å². The molecule has 6 nitrogen and oxygen atoms in total. The second-order valence-corrected chi connectivity index (χ2v) is 3.87. The molecule has 6 heteroatoms. The molecule has 0 aromatic carbocycles. The number of rotatable bonds is 3. The van der Waals surface area contributed by atoms with E-state index in [9.17, 15) is 0 Å². The first kappa shape index (κ1) is 10.6. The van der Waals surface area contributed by atoms with Crippen molar-refractivity contribution in [1.82, 2.24) is 14.6 Å². The number of nitrogens with zero attached hydrogens (tertiary/aromatic N) is 3. The summed E-state index contributed by atoms with van der Waals surface area (Å²) in [6, 6.07) is 7.27. The Bertz CT molecular complexity index is 671. The third-order valence-electron chi connectivity index (χ3n) is 2.59. The lowest BCUT2D eigenvalue weighted by Gasteiger charge is -2.04. The van der Waals surface area contributed by atoms with E-state index in [0.29, 0.717) is 22.9 Å². The quantitative estimate of drug-likeness (QED) is 0.735. The molecule has 3 aromatic heterocycles. The molecule has 0 aliphatic heterocycles. The van der Waals surface area contributed by atoms with Crippen molar-refractivity contribution in [2.45, 2.75) is 6.92 Å². The fourth-order valence-corrected chi connectivity index (χ4v) is 1.81. The second kappa shape index (κ2) is 4.06. The third kappa shape index (κ3) is 1.67. The maximum atomic E-state index is 5.94. The van der Waals surface area contributed by atoms with Gasteiger partial charge >= 0.3 is 0 Å². The van der Waals surface area contributed by atoms with Gasteiger partial charge in [0.05, 0.1) is 6.26 Å². The Morgan fingerprint density at radius 2 is 2.33 bits per heavy atom. The van der Waals surface area contributed by atoms with Gasteiger partial charge in [0, 0.05) is 18.7 Å². The molecule has 0 radical (unpaired) electrons. The lowest BCUT2D eigenvalue weighted by atomic mass is 10.3. The van der Waals surface area contributed by atoms with Gasteiger partial charge in [0.1, 0.15) is 17.3 Å². The summed E-state index contributed by atoms with van der Waals surface area (Å²) in [6.07, 6.45) is 1.61. The van der Waals surface area contributed by atoms with E-state index in [1.54, 1.807) is 16.8 Å². The Morgan fingerprint density at radius 1 is 1.44 bits per heavy atom. The fourth-order valence-electron chi connectivity index (χ4n) is 1.81. The molecule has 0 unspecified atom stereocenters. The molecule has 0 saturated carbocycles. The number of nitrogens with two attached hydrogens (primary N) is 1. The first-order chi connectivity index (χ1) is 8.78. The zero-order valence-electron chi connectivity index (χ0n) is 9.92. The van der Waals surface area contributed by atoms with Crippen molar-refractivity contribution in [3.05, 3.63) is 30.5 Å². The van der Waals surface area contributed by atoms with Gasteiger partial charge in [-0.3, -0.25) is 0 Å². The van der Waals surface area contributed by atoms with Gasteiger partial charge in [0.15, 0.2) is 11.4 Å². The minimum absolute atomic E-state index is 0.536. The number of hydrogen-bond donors (Lipinski definition) is 2. The Labute approximate surface area is 103 Å². The molecule has 0 atom stereocenters. The van der Waals surface area contributed by atoms with Crippen molar-refractivity contribution in [3.63, 3.8) is 0 Å². The van der Waals surface area contributed by atoms with Crippen LogP contribution in [0.1, 0.15) is 6.92 Å². The van der Waals surface area contributed by atoms with Crippen molar-refractivity contribution >= 4 is 17.3 Å². The van der Waals surface area contributed by atoms with Crippen LogP contribution in [-0.4, -0.2) is 21.1 Å². The summed E-state index contributed by atoms with van der Waals surface area (Å²) in [6.45, 7) is 2.80. The summed E-state index contributed by atoms with van der Waals surface area (Å²) < 4.78 is 6.90. The van der Waals surface area contributed by atoms with Crippen molar-refractivity contribution in [1.29, 1.82) is 0 Å². The molecule has 3 rings (SSSR count). The summed E-state index contributed by atoms with van der Waals surface area (Å²) in [5.41, 5.74) is 7.35. The Kier molecular flexibility index (Phi) is 2.40. The third-order valence-corrected chi connectivity index (χ3v) is 2.59. The molecule has 0 aliphatic carbocycles. The van der Waals surface area contributed by atoms with Crippen molar-refractivity contribution in [3.8, 4) is 11.5 Å². The molecule has 0 spiro atoms. The normalized spacial score (nSPS) is 10.9. The van der Waals surface area contributed by atoms with Crippen LogP contribution in [0.2, 0.25) is 0 Å². The van der Waals surface area contributed by atoms with Crippen LogP contribution < -0.4 is 11.1 Å². The van der Waals surface area contributed by atoms with Gasteiger partial charge in [-0.25, -0.2) is 4.98 Å². The topological polar surface area (TPSA) is 81.4 Å². The van der Waals surface area contributed by atoms with Gasteiger partial charge in [-0.1, -0.05) is 0 Å². The molecule has 0 aliphatic rings. The van der Waals surface area contributed by atoms with Crippen LogP contribution in [0.15, 0.2) is 34.9 Å². The van der Waals surface area contributed by atoms with E-state index in [4.69, 9.17) is 10.2 Å². The van der Waals surface area contributed by atoms with Crippen LogP contribution in [0, 0.1) is 0 Å². The van der Waals surface area contributed by atoms with Gasteiger partial charge in [0.25, 0.3) is 0 Å². The molecule has 18 heavy (non-hydrogen) atoms. The highest BCUT2D eigenvalue weighted by Crippen LogP contribution is 2.22. The average Bonchev–Trinajstić information content (AvgIpc) is 2.97. The Hall–Kier alpha value is -2.50. The van der Waals surface area contributed by atoms with Crippen LogP contribution in [0.4, 0.5) is 11.6 Å². The second-order valence-electron chi connectivity index (χ2n) is 3.87. The molecule has 3 heterocycles.